The molecule has 0 saturated heterocycles. The zero-order chi connectivity index (χ0) is 16.7. The first-order valence-corrected chi connectivity index (χ1v) is 8.32. The Morgan fingerprint density at radius 2 is 2.09 bits per heavy atom. The van der Waals surface area contributed by atoms with Crippen LogP contribution >= 0.6 is 0 Å². The van der Waals surface area contributed by atoms with Crippen molar-refractivity contribution < 1.29 is 14.3 Å². The number of amides is 2. The summed E-state index contributed by atoms with van der Waals surface area (Å²) >= 11 is 0. The van der Waals surface area contributed by atoms with Gasteiger partial charge in [0.2, 0.25) is 0 Å². The molecule has 1 fully saturated rings. The highest BCUT2D eigenvalue weighted by Gasteiger charge is 2.24. The fraction of sp³-hybridized carbons (Fsp3) is 0.556. The summed E-state index contributed by atoms with van der Waals surface area (Å²) in [5.41, 5.74) is 1.55. The Balaban J connectivity index is 1.87. The van der Waals surface area contributed by atoms with E-state index < -0.39 is 11.8 Å². The molecule has 0 aliphatic heterocycles. The largest absolute Gasteiger partial charge is 0.380 e. The van der Waals surface area contributed by atoms with Gasteiger partial charge in [-0.05, 0) is 36.5 Å². The molecule has 5 nitrogen and oxygen atoms in total. The first kappa shape index (κ1) is 17.5. The molecule has 0 bridgehead atoms. The average Bonchev–Trinajstić information content (AvgIpc) is 2.55. The predicted molar refractivity (Wildman–Crippen MR) is 90.0 cm³/mol. The van der Waals surface area contributed by atoms with Crippen molar-refractivity contribution in [1.29, 1.82) is 0 Å². The van der Waals surface area contributed by atoms with Gasteiger partial charge in [-0.3, -0.25) is 9.59 Å². The van der Waals surface area contributed by atoms with Crippen LogP contribution in [0.1, 0.15) is 44.6 Å². The van der Waals surface area contributed by atoms with Crippen LogP contribution in [0.3, 0.4) is 0 Å². The summed E-state index contributed by atoms with van der Waals surface area (Å²) in [6.45, 7) is 2.64. The summed E-state index contributed by atoms with van der Waals surface area (Å²) in [7, 11) is 1.62. The van der Waals surface area contributed by atoms with Crippen LogP contribution in [0, 0.1) is 5.92 Å². The average molecular weight is 318 g/mol. The van der Waals surface area contributed by atoms with Crippen molar-refractivity contribution in [2.24, 2.45) is 5.92 Å². The zero-order valence-corrected chi connectivity index (χ0v) is 13.9. The number of hydrogen-bond acceptors (Lipinski definition) is 3. The molecule has 1 aromatic carbocycles. The molecular weight excluding hydrogens is 292 g/mol. The van der Waals surface area contributed by atoms with Crippen molar-refractivity contribution in [1.82, 2.24) is 5.32 Å². The molecule has 2 rings (SSSR count). The van der Waals surface area contributed by atoms with Gasteiger partial charge >= 0.3 is 11.8 Å². The molecule has 1 saturated carbocycles. The summed E-state index contributed by atoms with van der Waals surface area (Å²) in [6, 6.07) is 7.42. The molecule has 2 N–H and O–H groups in total. The number of benzene rings is 1. The van der Waals surface area contributed by atoms with E-state index in [2.05, 4.69) is 17.6 Å². The monoisotopic (exact) mass is 318 g/mol. The van der Waals surface area contributed by atoms with Crippen molar-refractivity contribution in [3.63, 3.8) is 0 Å². The van der Waals surface area contributed by atoms with Gasteiger partial charge in [0.25, 0.3) is 0 Å². The molecule has 1 aliphatic rings. The van der Waals surface area contributed by atoms with Gasteiger partial charge < -0.3 is 15.4 Å². The van der Waals surface area contributed by atoms with Crippen LogP contribution in [-0.4, -0.2) is 25.0 Å². The Bertz CT molecular complexity index is 545. The van der Waals surface area contributed by atoms with Gasteiger partial charge in [-0.25, -0.2) is 0 Å². The Kier molecular flexibility index (Phi) is 6.59. The number of methoxy groups -OCH3 is 1. The lowest BCUT2D eigenvalue weighted by Gasteiger charge is -2.28. The van der Waals surface area contributed by atoms with E-state index in [0.29, 0.717) is 18.2 Å². The lowest BCUT2D eigenvalue weighted by Crippen LogP contribution is -2.43. The fourth-order valence-corrected chi connectivity index (χ4v) is 3.14. The lowest BCUT2D eigenvalue weighted by molar-refractivity contribution is -0.136. The van der Waals surface area contributed by atoms with Gasteiger partial charge in [0.1, 0.15) is 0 Å². The standard InChI is InChI=1S/C18H26N2O3/c1-3-13-6-4-8-15(10-13)19-17(21)18(22)20-16-9-5-7-14(11-16)12-23-2/h5,7,9,11,13,15H,3-4,6,8,10,12H2,1-2H3,(H,19,21)(H,20,22). The van der Waals surface area contributed by atoms with E-state index in [1.165, 1.54) is 6.42 Å². The molecule has 23 heavy (non-hydrogen) atoms. The van der Waals surface area contributed by atoms with Crippen molar-refractivity contribution in [3.05, 3.63) is 29.8 Å². The number of nitrogens with one attached hydrogen (secondary N) is 2. The van der Waals surface area contributed by atoms with E-state index in [1.807, 2.05) is 18.2 Å². The van der Waals surface area contributed by atoms with Gasteiger partial charge in [-0.1, -0.05) is 38.3 Å². The first-order valence-electron chi connectivity index (χ1n) is 8.32. The molecule has 126 valence electrons. The molecule has 5 heteroatoms. The highest BCUT2D eigenvalue weighted by Crippen LogP contribution is 2.26. The van der Waals surface area contributed by atoms with Gasteiger partial charge in [0.15, 0.2) is 0 Å². The number of hydrogen-bond donors (Lipinski definition) is 2. The molecule has 2 unspecified atom stereocenters. The smallest absolute Gasteiger partial charge is 0.313 e. The molecule has 1 aliphatic carbocycles. The van der Waals surface area contributed by atoms with Crippen LogP contribution in [0.4, 0.5) is 5.69 Å². The van der Waals surface area contributed by atoms with Crippen molar-refractivity contribution >= 4 is 17.5 Å². The quantitative estimate of drug-likeness (QED) is 0.820. The third kappa shape index (κ3) is 5.36. The number of carbonyl (C=O) groups excluding carboxylic acids is 2. The van der Waals surface area contributed by atoms with Gasteiger partial charge in [0.05, 0.1) is 6.61 Å². The zero-order valence-electron chi connectivity index (χ0n) is 13.9. The van der Waals surface area contributed by atoms with Crippen LogP contribution in [0.15, 0.2) is 24.3 Å². The maximum Gasteiger partial charge on any atom is 0.313 e. The second-order valence-corrected chi connectivity index (χ2v) is 6.20. The second kappa shape index (κ2) is 8.67. The second-order valence-electron chi connectivity index (χ2n) is 6.20. The Labute approximate surface area is 137 Å². The van der Waals surface area contributed by atoms with Gasteiger partial charge in [0, 0.05) is 18.8 Å². The lowest BCUT2D eigenvalue weighted by atomic mass is 9.84. The summed E-state index contributed by atoms with van der Waals surface area (Å²) in [5.74, 6) is -0.509. The molecule has 2 atom stereocenters. The minimum Gasteiger partial charge on any atom is -0.380 e. The van der Waals surface area contributed by atoms with E-state index >= 15 is 0 Å². The number of rotatable bonds is 5. The number of carbonyl (C=O) groups is 2. The molecule has 1 aromatic rings. The number of ether oxygens (including phenoxy) is 1. The van der Waals surface area contributed by atoms with E-state index in [4.69, 9.17) is 4.74 Å². The van der Waals surface area contributed by atoms with E-state index in [9.17, 15) is 9.59 Å². The fourth-order valence-electron chi connectivity index (χ4n) is 3.14. The summed E-state index contributed by atoms with van der Waals surface area (Å²) in [5, 5.41) is 5.52. The molecule has 2 amide bonds. The topological polar surface area (TPSA) is 67.4 Å². The first-order chi connectivity index (χ1) is 11.1. The van der Waals surface area contributed by atoms with E-state index in [0.717, 1.165) is 31.2 Å². The summed E-state index contributed by atoms with van der Waals surface area (Å²) in [4.78, 5) is 24.1. The van der Waals surface area contributed by atoms with Crippen LogP contribution in [0.25, 0.3) is 0 Å². The highest BCUT2D eigenvalue weighted by atomic mass is 16.5. The van der Waals surface area contributed by atoms with Gasteiger partial charge in [-0.2, -0.15) is 0 Å². The molecule has 0 spiro atoms. The Morgan fingerprint density at radius 1 is 1.26 bits per heavy atom. The Morgan fingerprint density at radius 3 is 2.83 bits per heavy atom. The molecule has 0 aromatic heterocycles. The summed E-state index contributed by atoms with van der Waals surface area (Å²) < 4.78 is 5.06. The Hall–Kier alpha value is -1.88. The van der Waals surface area contributed by atoms with E-state index in [1.54, 1.807) is 13.2 Å². The van der Waals surface area contributed by atoms with Crippen molar-refractivity contribution in [2.45, 2.75) is 51.7 Å². The van der Waals surface area contributed by atoms with Crippen molar-refractivity contribution in [2.75, 3.05) is 12.4 Å². The van der Waals surface area contributed by atoms with Crippen molar-refractivity contribution in [3.8, 4) is 0 Å². The van der Waals surface area contributed by atoms with Crippen LogP contribution < -0.4 is 10.6 Å². The third-order valence-electron chi connectivity index (χ3n) is 4.40. The van der Waals surface area contributed by atoms with Crippen LogP contribution in [0.2, 0.25) is 0 Å². The minimum atomic E-state index is -0.613. The predicted octanol–water partition coefficient (Wildman–Crippen LogP) is 2.86. The van der Waals surface area contributed by atoms with Gasteiger partial charge in [-0.15, -0.1) is 0 Å². The summed E-state index contributed by atoms with van der Waals surface area (Å²) in [6.07, 6.45) is 5.40. The maximum absolute atomic E-state index is 12.1. The van der Waals surface area contributed by atoms with Crippen LogP contribution in [-0.2, 0) is 20.9 Å². The SMILES string of the molecule is CCC1CCCC(NC(=O)C(=O)Nc2cccc(COC)c2)C1. The highest BCUT2D eigenvalue weighted by molar-refractivity contribution is 6.39. The molecule has 0 heterocycles. The maximum atomic E-state index is 12.1. The van der Waals surface area contributed by atoms with Crippen LogP contribution in [0.5, 0.6) is 0 Å². The minimum absolute atomic E-state index is 0.117. The normalized spacial score (nSPS) is 20.8. The molecular formula is C18H26N2O3. The van der Waals surface area contributed by atoms with E-state index in [-0.39, 0.29) is 6.04 Å². The molecule has 0 radical (unpaired) electrons. The third-order valence-corrected chi connectivity index (χ3v) is 4.40. The number of anilines is 1.